The van der Waals surface area contributed by atoms with Crippen molar-refractivity contribution in [3.8, 4) is 0 Å². The third-order valence-electron chi connectivity index (χ3n) is 3.70. The molecule has 1 aliphatic heterocycles. The monoisotopic (exact) mass is 255 g/mol. The number of amides is 1. The van der Waals surface area contributed by atoms with Gasteiger partial charge in [-0.3, -0.25) is 9.69 Å². The van der Waals surface area contributed by atoms with Crippen LogP contribution >= 0.6 is 0 Å². The average Bonchev–Trinajstić information content (AvgIpc) is 2.65. The van der Waals surface area contributed by atoms with E-state index in [1.165, 1.54) is 0 Å². The minimum Gasteiger partial charge on any atom is -0.342 e. The normalized spacial score (nSPS) is 20.3. The van der Waals surface area contributed by atoms with Gasteiger partial charge in [-0.05, 0) is 32.2 Å². The average molecular weight is 255 g/mol. The first kappa shape index (κ1) is 15.4. The molecule has 1 aliphatic rings. The highest BCUT2D eigenvalue weighted by Gasteiger charge is 2.33. The second kappa shape index (κ2) is 6.02. The van der Waals surface area contributed by atoms with Crippen molar-refractivity contribution in [2.75, 3.05) is 26.7 Å². The van der Waals surface area contributed by atoms with Gasteiger partial charge in [0.1, 0.15) is 0 Å². The van der Waals surface area contributed by atoms with Crippen molar-refractivity contribution in [1.82, 2.24) is 9.80 Å². The first-order valence-electron chi connectivity index (χ1n) is 6.97. The van der Waals surface area contributed by atoms with Gasteiger partial charge in [0.05, 0.1) is 6.54 Å². The smallest absolute Gasteiger partial charge is 0.236 e. The summed E-state index contributed by atoms with van der Waals surface area (Å²) in [6, 6.07) is 0.269. The van der Waals surface area contributed by atoms with Gasteiger partial charge in [-0.2, -0.15) is 0 Å². The summed E-state index contributed by atoms with van der Waals surface area (Å²) in [5.74, 6) is 0.241. The predicted octanol–water partition coefficient (Wildman–Crippen LogP) is 1.30. The van der Waals surface area contributed by atoms with Crippen LogP contribution in [-0.2, 0) is 4.79 Å². The molecule has 0 aromatic carbocycles. The number of nitrogens with two attached hydrogens (primary N) is 1. The zero-order chi connectivity index (χ0) is 13.9. The third kappa shape index (κ3) is 3.95. The fourth-order valence-corrected chi connectivity index (χ4v) is 3.23. The van der Waals surface area contributed by atoms with Crippen LogP contribution in [-0.4, -0.2) is 54.5 Å². The highest BCUT2D eigenvalue weighted by Crippen LogP contribution is 2.25. The van der Waals surface area contributed by atoms with Crippen molar-refractivity contribution >= 4 is 5.91 Å². The summed E-state index contributed by atoms with van der Waals surface area (Å²) < 4.78 is 0. The molecule has 106 valence electrons. The summed E-state index contributed by atoms with van der Waals surface area (Å²) in [5.41, 5.74) is 6.16. The Morgan fingerprint density at radius 1 is 1.33 bits per heavy atom. The maximum Gasteiger partial charge on any atom is 0.236 e. The molecular weight excluding hydrogens is 226 g/mol. The van der Waals surface area contributed by atoms with Gasteiger partial charge in [-0.15, -0.1) is 0 Å². The van der Waals surface area contributed by atoms with Crippen LogP contribution in [0.4, 0.5) is 0 Å². The molecule has 1 saturated heterocycles. The predicted molar refractivity (Wildman–Crippen MR) is 75.3 cm³/mol. The van der Waals surface area contributed by atoms with E-state index in [9.17, 15) is 4.79 Å². The molecule has 1 heterocycles. The molecule has 0 saturated carbocycles. The molecule has 0 aliphatic carbocycles. The first-order chi connectivity index (χ1) is 8.23. The lowest BCUT2D eigenvalue weighted by Gasteiger charge is -2.40. The minimum absolute atomic E-state index is 0.0568. The van der Waals surface area contributed by atoms with E-state index in [-0.39, 0.29) is 23.4 Å². The molecule has 2 atom stereocenters. The van der Waals surface area contributed by atoms with Crippen LogP contribution in [0.1, 0.15) is 40.5 Å². The second-order valence-electron chi connectivity index (χ2n) is 6.67. The van der Waals surface area contributed by atoms with Crippen LogP contribution in [0.2, 0.25) is 0 Å². The Hall–Kier alpha value is -0.610. The Morgan fingerprint density at radius 3 is 2.22 bits per heavy atom. The molecule has 0 spiro atoms. The molecular formula is C14H29N3O. The van der Waals surface area contributed by atoms with E-state index in [2.05, 4.69) is 25.7 Å². The van der Waals surface area contributed by atoms with Crippen molar-refractivity contribution in [3.63, 3.8) is 0 Å². The Balaban J connectivity index is 2.61. The van der Waals surface area contributed by atoms with Crippen molar-refractivity contribution in [2.45, 2.75) is 52.6 Å². The van der Waals surface area contributed by atoms with E-state index in [0.29, 0.717) is 6.54 Å². The van der Waals surface area contributed by atoms with Crippen molar-refractivity contribution in [3.05, 3.63) is 0 Å². The number of hydrogen-bond acceptors (Lipinski definition) is 3. The van der Waals surface area contributed by atoms with Crippen molar-refractivity contribution in [1.29, 1.82) is 0 Å². The third-order valence-corrected chi connectivity index (χ3v) is 3.70. The fraction of sp³-hybridized carbons (Fsp3) is 0.929. The number of carbonyl (C=O) groups is 1. The molecule has 0 aromatic rings. The molecule has 0 bridgehead atoms. The van der Waals surface area contributed by atoms with Crippen molar-refractivity contribution < 1.29 is 4.79 Å². The fourth-order valence-electron chi connectivity index (χ4n) is 3.23. The zero-order valence-corrected chi connectivity index (χ0v) is 12.6. The summed E-state index contributed by atoms with van der Waals surface area (Å²) >= 11 is 0. The van der Waals surface area contributed by atoms with Crippen LogP contribution in [0, 0.1) is 5.41 Å². The van der Waals surface area contributed by atoms with E-state index in [0.717, 1.165) is 25.9 Å². The Morgan fingerprint density at radius 2 is 1.83 bits per heavy atom. The molecule has 2 N–H and O–H groups in total. The summed E-state index contributed by atoms with van der Waals surface area (Å²) in [5, 5.41) is 0. The molecule has 4 nitrogen and oxygen atoms in total. The highest BCUT2D eigenvalue weighted by molar-refractivity contribution is 5.78. The van der Waals surface area contributed by atoms with E-state index in [1.807, 2.05) is 18.9 Å². The van der Waals surface area contributed by atoms with Crippen LogP contribution in [0.25, 0.3) is 0 Å². The van der Waals surface area contributed by atoms with Crippen LogP contribution < -0.4 is 5.73 Å². The van der Waals surface area contributed by atoms with Gasteiger partial charge in [0, 0.05) is 25.2 Å². The zero-order valence-electron chi connectivity index (χ0n) is 12.6. The van der Waals surface area contributed by atoms with E-state index < -0.39 is 0 Å². The standard InChI is InChI=1S/C14H29N3O/c1-11(15)13(14(2,3)4)16(5)10-12(18)17-8-6-7-9-17/h11,13H,6-10,15H2,1-5H3. The highest BCUT2D eigenvalue weighted by atomic mass is 16.2. The number of likely N-dealkylation sites (tertiary alicyclic amines) is 1. The summed E-state index contributed by atoms with van der Waals surface area (Å²) in [7, 11) is 2.01. The van der Waals surface area contributed by atoms with Crippen LogP contribution in [0.5, 0.6) is 0 Å². The topological polar surface area (TPSA) is 49.6 Å². The molecule has 2 unspecified atom stereocenters. The van der Waals surface area contributed by atoms with Crippen LogP contribution in [0.15, 0.2) is 0 Å². The van der Waals surface area contributed by atoms with Gasteiger partial charge < -0.3 is 10.6 Å². The number of nitrogens with zero attached hydrogens (tertiary/aromatic N) is 2. The molecule has 4 heteroatoms. The van der Waals surface area contributed by atoms with Gasteiger partial charge in [-0.1, -0.05) is 20.8 Å². The molecule has 1 fully saturated rings. The van der Waals surface area contributed by atoms with E-state index >= 15 is 0 Å². The lowest BCUT2D eigenvalue weighted by atomic mass is 9.82. The summed E-state index contributed by atoms with van der Waals surface area (Å²) in [4.78, 5) is 16.2. The second-order valence-corrected chi connectivity index (χ2v) is 6.67. The molecule has 1 rings (SSSR count). The first-order valence-corrected chi connectivity index (χ1v) is 6.97. The number of rotatable bonds is 4. The maximum atomic E-state index is 12.2. The maximum absolute atomic E-state index is 12.2. The van der Waals surface area contributed by atoms with Crippen LogP contribution in [0.3, 0.4) is 0 Å². The van der Waals surface area contributed by atoms with Crippen molar-refractivity contribution in [2.24, 2.45) is 11.1 Å². The van der Waals surface area contributed by atoms with Gasteiger partial charge in [0.15, 0.2) is 0 Å². The number of hydrogen-bond donors (Lipinski definition) is 1. The number of likely N-dealkylation sites (N-methyl/N-ethyl adjacent to an activating group) is 1. The minimum atomic E-state index is 0.0568. The lowest BCUT2D eigenvalue weighted by Crippen LogP contribution is -2.54. The quantitative estimate of drug-likeness (QED) is 0.824. The molecule has 1 amide bonds. The largest absolute Gasteiger partial charge is 0.342 e. The lowest BCUT2D eigenvalue weighted by molar-refractivity contribution is -0.132. The molecule has 18 heavy (non-hydrogen) atoms. The van der Waals surface area contributed by atoms with Gasteiger partial charge >= 0.3 is 0 Å². The van der Waals surface area contributed by atoms with E-state index in [4.69, 9.17) is 5.73 Å². The SMILES string of the molecule is CC(N)C(N(C)CC(=O)N1CCCC1)C(C)(C)C. The Bertz CT molecular complexity index is 277. The summed E-state index contributed by atoms with van der Waals surface area (Å²) in [6.07, 6.45) is 2.29. The summed E-state index contributed by atoms with van der Waals surface area (Å²) in [6.45, 7) is 10.9. The molecule has 0 aromatic heterocycles. The Labute approximate surface area is 111 Å². The van der Waals surface area contributed by atoms with Gasteiger partial charge in [-0.25, -0.2) is 0 Å². The molecule has 0 radical (unpaired) electrons. The number of carbonyl (C=O) groups excluding carboxylic acids is 1. The van der Waals surface area contributed by atoms with Gasteiger partial charge in [0.25, 0.3) is 0 Å². The Kier molecular flexibility index (Phi) is 5.17. The van der Waals surface area contributed by atoms with E-state index in [1.54, 1.807) is 0 Å². The van der Waals surface area contributed by atoms with Gasteiger partial charge in [0.2, 0.25) is 5.91 Å².